The molecular formula is C22H16ClF6N7O5. The molecule has 0 aliphatic heterocycles. The highest BCUT2D eigenvalue weighted by molar-refractivity contribution is 6.30. The van der Waals surface area contributed by atoms with Crippen molar-refractivity contribution in [3.63, 3.8) is 0 Å². The molecule has 3 aromatic heterocycles. The number of benzene rings is 1. The van der Waals surface area contributed by atoms with Crippen LogP contribution in [0.15, 0.2) is 47.4 Å². The molecule has 4 aromatic rings. The number of esters is 1. The first kappa shape index (κ1) is 29.5. The van der Waals surface area contributed by atoms with E-state index in [0.717, 1.165) is 25.4 Å². The number of halogens is 7. The minimum absolute atomic E-state index is 0.163. The van der Waals surface area contributed by atoms with Gasteiger partial charge in [0.1, 0.15) is 6.54 Å². The second-order valence-electron chi connectivity index (χ2n) is 8.07. The van der Waals surface area contributed by atoms with Crippen molar-refractivity contribution in [3.8, 4) is 23.0 Å². The molecule has 0 spiro atoms. The van der Waals surface area contributed by atoms with E-state index < -0.39 is 60.8 Å². The zero-order valence-corrected chi connectivity index (χ0v) is 21.1. The SMILES string of the molecule is COC(=O)c1nc(Cn2nc(-c3ccc(Cl)cc3)n(C[C@H](O)C(F)(F)F)c2=O)nn1-c1ncccc1OC(F)(F)F. The predicted molar refractivity (Wildman–Crippen MR) is 125 cm³/mol. The van der Waals surface area contributed by atoms with Crippen LogP contribution in [-0.2, 0) is 17.8 Å². The fraction of sp³-hybridized carbons (Fsp3) is 0.273. The Morgan fingerprint density at radius 2 is 1.78 bits per heavy atom. The molecular weight excluding hydrogens is 592 g/mol. The summed E-state index contributed by atoms with van der Waals surface area (Å²) in [6.45, 7) is -1.89. The first-order valence-corrected chi connectivity index (χ1v) is 11.5. The Morgan fingerprint density at radius 3 is 2.39 bits per heavy atom. The monoisotopic (exact) mass is 607 g/mol. The number of hydrogen-bond donors (Lipinski definition) is 1. The number of hydrogen-bond acceptors (Lipinski definition) is 9. The lowest BCUT2D eigenvalue weighted by Crippen LogP contribution is -2.37. The van der Waals surface area contributed by atoms with Gasteiger partial charge in [-0.05, 0) is 36.4 Å². The van der Waals surface area contributed by atoms with Crippen LogP contribution in [0.1, 0.15) is 16.4 Å². The van der Waals surface area contributed by atoms with Crippen molar-refractivity contribution in [1.82, 2.24) is 34.1 Å². The molecule has 4 rings (SSSR count). The number of carbonyl (C=O) groups excluding carboxylic acids is 1. The van der Waals surface area contributed by atoms with Gasteiger partial charge in [-0.3, -0.25) is 4.57 Å². The van der Waals surface area contributed by atoms with E-state index in [1.807, 2.05) is 0 Å². The van der Waals surface area contributed by atoms with Gasteiger partial charge in [0.15, 0.2) is 29.3 Å². The maximum Gasteiger partial charge on any atom is 0.573 e. The van der Waals surface area contributed by atoms with Crippen LogP contribution in [-0.4, -0.2) is 70.9 Å². The largest absolute Gasteiger partial charge is 0.573 e. The van der Waals surface area contributed by atoms with Gasteiger partial charge in [0.25, 0.3) is 0 Å². The van der Waals surface area contributed by atoms with Gasteiger partial charge in [0.05, 0.1) is 13.7 Å². The highest BCUT2D eigenvalue weighted by Crippen LogP contribution is 2.28. The second kappa shape index (κ2) is 11.2. The van der Waals surface area contributed by atoms with Crippen molar-refractivity contribution >= 4 is 17.6 Å². The van der Waals surface area contributed by atoms with E-state index >= 15 is 0 Å². The van der Waals surface area contributed by atoms with Crippen LogP contribution in [0.4, 0.5) is 26.3 Å². The summed E-state index contributed by atoms with van der Waals surface area (Å²) in [5, 5.41) is 17.9. The molecule has 0 aliphatic rings. The highest BCUT2D eigenvalue weighted by atomic mass is 35.5. The van der Waals surface area contributed by atoms with Gasteiger partial charge in [-0.15, -0.1) is 23.4 Å². The summed E-state index contributed by atoms with van der Waals surface area (Å²) in [5.74, 6) is -3.95. The molecule has 0 bridgehead atoms. The molecule has 1 atom stereocenters. The summed E-state index contributed by atoms with van der Waals surface area (Å²) >= 11 is 5.86. The molecule has 19 heteroatoms. The van der Waals surface area contributed by atoms with Gasteiger partial charge in [-0.1, -0.05) is 11.6 Å². The predicted octanol–water partition coefficient (Wildman–Crippen LogP) is 3.00. The van der Waals surface area contributed by atoms with Crippen molar-refractivity contribution in [1.29, 1.82) is 0 Å². The Bertz CT molecular complexity index is 1610. The topological polar surface area (TPSA) is 139 Å². The van der Waals surface area contributed by atoms with Crippen LogP contribution in [0.2, 0.25) is 5.02 Å². The molecule has 1 N–H and O–H groups in total. The van der Waals surface area contributed by atoms with Crippen LogP contribution in [0, 0.1) is 0 Å². The third kappa shape index (κ3) is 6.65. The van der Waals surface area contributed by atoms with Crippen molar-refractivity contribution in [3.05, 3.63) is 69.8 Å². The molecule has 0 unspecified atom stereocenters. The van der Waals surface area contributed by atoms with Gasteiger partial charge in [-0.2, -0.15) is 17.9 Å². The van der Waals surface area contributed by atoms with Gasteiger partial charge in [-0.25, -0.2) is 24.2 Å². The summed E-state index contributed by atoms with van der Waals surface area (Å²) in [4.78, 5) is 33.1. The van der Waals surface area contributed by atoms with Gasteiger partial charge in [0.2, 0.25) is 5.82 Å². The summed E-state index contributed by atoms with van der Waals surface area (Å²) in [5.41, 5.74) is -0.969. The first-order chi connectivity index (χ1) is 19.2. The minimum Gasteiger partial charge on any atom is -0.463 e. The summed E-state index contributed by atoms with van der Waals surface area (Å²) in [6, 6.07) is 7.55. The Kier molecular flexibility index (Phi) is 8.07. The summed E-state index contributed by atoms with van der Waals surface area (Å²) in [7, 11) is 0.961. The number of methoxy groups -OCH3 is 1. The Hall–Kier alpha value is -4.45. The molecule has 12 nitrogen and oxygen atoms in total. The number of nitrogens with zero attached hydrogens (tertiary/aromatic N) is 7. The van der Waals surface area contributed by atoms with E-state index in [-0.39, 0.29) is 22.2 Å². The minimum atomic E-state index is -5.13. The Morgan fingerprint density at radius 1 is 1.10 bits per heavy atom. The fourth-order valence-corrected chi connectivity index (χ4v) is 3.60. The van der Waals surface area contributed by atoms with Crippen molar-refractivity contribution in [2.45, 2.75) is 31.7 Å². The van der Waals surface area contributed by atoms with E-state index in [1.54, 1.807) is 0 Å². The molecule has 0 saturated heterocycles. The number of aliphatic hydroxyl groups excluding tert-OH is 1. The molecule has 0 amide bonds. The van der Waals surface area contributed by atoms with Crippen LogP contribution >= 0.6 is 11.6 Å². The van der Waals surface area contributed by atoms with Crippen LogP contribution in [0.25, 0.3) is 17.2 Å². The number of ether oxygens (including phenoxy) is 2. The molecule has 0 saturated carbocycles. The van der Waals surface area contributed by atoms with E-state index in [4.69, 9.17) is 11.6 Å². The Balaban J connectivity index is 1.80. The molecule has 0 aliphatic carbocycles. The molecule has 0 radical (unpaired) electrons. The van der Waals surface area contributed by atoms with E-state index in [1.165, 1.54) is 24.3 Å². The summed E-state index contributed by atoms with van der Waals surface area (Å²) in [6.07, 6.45) is -12.0. The standard InChI is InChI=1S/C22H16ClF6N7O5/c1-40-19(38)18-31-15(32-36(18)17-13(3-2-8-30-17)41-22(27,28)29)10-35-20(39)34(9-14(37)21(24,25)26)16(33-35)11-4-6-12(23)7-5-11/h2-8,14,37H,9-10H2,1H3/t14-/m0/s1. The number of carbonyl (C=O) groups is 1. The number of alkyl halides is 6. The van der Waals surface area contributed by atoms with Gasteiger partial charge < -0.3 is 14.6 Å². The third-order valence-corrected chi connectivity index (χ3v) is 5.50. The average Bonchev–Trinajstić information content (AvgIpc) is 3.44. The zero-order valence-electron chi connectivity index (χ0n) is 20.4. The van der Waals surface area contributed by atoms with Crippen LogP contribution in [0.5, 0.6) is 5.75 Å². The van der Waals surface area contributed by atoms with E-state index in [9.17, 15) is 41.0 Å². The van der Waals surface area contributed by atoms with E-state index in [2.05, 4.69) is 29.6 Å². The zero-order chi connectivity index (χ0) is 30.1. The third-order valence-electron chi connectivity index (χ3n) is 5.25. The fourth-order valence-electron chi connectivity index (χ4n) is 3.47. The highest BCUT2D eigenvalue weighted by Gasteiger charge is 2.39. The van der Waals surface area contributed by atoms with Gasteiger partial charge >= 0.3 is 24.2 Å². The molecule has 218 valence electrons. The number of pyridine rings is 1. The van der Waals surface area contributed by atoms with E-state index in [0.29, 0.717) is 13.9 Å². The van der Waals surface area contributed by atoms with Crippen LogP contribution in [0.3, 0.4) is 0 Å². The average molecular weight is 608 g/mol. The molecule has 3 heterocycles. The number of aromatic nitrogens is 7. The lowest BCUT2D eigenvalue weighted by molar-refractivity contribution is -0.274. The Labute approximate surface area is 229 Å². The number of rotatable bonds is 8. The maximum absolute atomic E-state index is 13.1. The van der Waals surface area contributed by atoms with Crippen molar-refractivity contribution < 1.29 is 45.7 Å². The summed E-state index contributed by atoms with van der Waals surface area (Å²) < 4.78 is 88.4. The smallest absolute Gasteiger partial charge is 0.463 e. The lowest BCUT2D eigenvalue weighted by Gasteiger charge is -2.15. The number of aliphatic hydroxyl groups is 1. The quantitative estimate of drug-likeness (QED) is 0.237. The van der Waals surface area contributed by atoms with Crippen molar-refractivity contribution in [2.75, 3.05) is 7.11 Å². The second-order valence-corrected chi connectivity index (χ2v) is 8.50. The molecule has 0 fully saturated rings. The van der Waals surface area contributed by atoms with Gasteiger partial charge in [0, 0.05) is 16.8 Å². The first-order valence-electron chi connectivity index (χ1n) is 11.1. The molecule has 41 heavy (non-hydrogen) atoms. The van der Waals surface area contributed by atoms with Crippen molar-refractivity contribution in [2.24, 2.45) is 0 Å². The maximum atomic E-state index is 13.1. The lowest BCUT2D eigenvalue weighted by atomic mass is 10.2. The molecule has 1 aromatic carbocycles. The normalized spacial score (nSPS) is 12.8. The van der Waals surface area contributed by atoms with Crippen LogP contribution < -0.4 is 10.4 Å².